The van der Waals surface area contributed by atoms with E-state index >= 15 is 0 Å². The van der Waals surface area contributed by atoms with E-state index < -0.39 is 12.0 Å². The molecule has 0 aliphatic heterocycles. The minimum Gasteiger partial charge on any atom is -0.480 e. The molecule has 4 heteroatoms. The summed E-state index contributed by atoms with van der Waals surface area (Å²) in [5.41, 5.74) is 0.498. The summed E-state index contributed by atoms with van der Waals surface area (Å²) < 4.78 is 0. The summed E-state index contributed by atoms with van der Waals surface area (Å²) in [5, 5.41) is 11.6. The Morgan fingerprint density at radius 2 is 2.00 bits per heavy atom. The summed E-state index contributed by atoms with van der Waals surface area (Å²) in [5.74, 6) is -1.42. The van der Waals surface area contributed by atoms with E-state index in [0.29, 0.717) is 12.0 Å². The van der Waals surface area contributed by atoms with Crippen LogP contribution in [-0.4, -0.2) is 23.0 Å². The molecule has 2 N–H and O–H groups in total. The van der Waals surface area contributed by atoms with Crippen LogP contribution in [0, 0.1) is 5.92 Å². The average Bonchev–Trinajstić information content (AvgIpc) is 2.31. The van der Waals surface area contributed by atoms with E-state index in [-0.39, 0.29) is 11.8 Å². The number of hydrogen-bond donors (Lipinski definition) is 2. The maximum Gasteiger partial charge on any atom is 0.326 e. The first-order valence-electron chi connectivity index (χ1n) is 5.77. The molecule has 0 aromatic rings. The summed E-state index contributed by atoms with van der Waals surface area (Å²) in [6, 6.07) is -0.832. The highest BCUT2D eigenvalue weighted by Gasteiger charge is 2.25. The summed E-state index contributed by atoms with van der Waals surface area (Å²) in [6.45, 7) is 7.21. The molecule has 0 fully saturated rings. The molecular weight excluding hydrogens is 218 g/mol. The predicted octanol–water partition coefficient (Wildman–Crippen LogP) is 2.12. The maximum absolute atomic E-state index is 11.7. The number of allylic oxidation sites excluding steroid dienone is 3. The van der Waals surface area contributed by atoms with Crippen molar-refractivity contribution in [2.75, 3.05) is 0 Å². The van der Waals surface area contributed by atoms with Crippen molar-refractivity contribution >= 4 is 11.9 Å². The van der Waals surface area contributed by atoms with E-state index in [1.54, 1.807) is 25.2 Å². The number of carbonyl (C=O) groups excluding carboxylic acids is 1. The van der Waals surface area contributed by atoms with Crippen LogP contribution < -0.4 is 5.32 Å². The zero-order valence-corrected chi connectivity index (χ0v) is 10.9. The smallest absolute Gasteiger partial charge is 0.326 e. The van der Waals surface area contributed by atoms with Gasteiger partial charge in [0.05, 0.1) is 0 Å². The summed E-state index contributed by atoms with van der Waals surface area (Å²) in [4.78, 5) is 22.7. The molecule has 4 nitrogen and oxygen atoms in total. The third-order valence-corrected chi connectivity index (χ3v) is 2.66. The number of nitrogens with one attached hydrogen (secondary N) is 1. The van der Waals surface area contributed by atoms with Crippen molar-refractivity contribution in [1.29, 1.82) is 0 Å². The van der Waals surface area contributed by atoms with Crippen molar-refractivity contribution in [1.82, 2.24) is 5.32 Å². The van der Waals surface area contributed by atoms with Crippen molar-refractivity contribution in [2.45, 2.75) is 40.2 Å². The molecule has 2 atom stereocenters. The lowest BCUT2D eigenvalue weighted by atomic mass is 9.99. The molecule has 0 saturated heterocycles. The van der Waals surface area contributed by atoms with Crippen LogP contribution in [0.25, 0.3) is 0 Å². The molecule has 0 aliphatic carbocycles. The molecule has 0 unspecified atom stereocenters. The van der Waals surface area contributed by atoms with Gasteiger partial charge in [0.1, 0.15) is 6.04 Å². The predicted molar refractivity (Wildman–Crippen MR) is 67.6 cm³/mol. The van der Waals surface area contributed by atoms with Crippen LogP contribution in [0.5, 0.6) is 0 Å². The topological polar surface area (TPSA) is 66.4 Å². The van der Waals surface area contributed by atoms with Crippen molar-refractivity contribution in [2.24, 2.45) is 5.92 Å². The first kappa shape index (κ1) is 15.4. The molecule has 0 radical (unpaired) electrons. The number of amides is 1. The lowest BCUT2D eigenvalue weighted by Crippen LogP contribution is -2.45. The number of carbonyl (C=O) groups is 2. The largest absolute Gasteiger partial charge is 0.480 e. The maximum atomic E-state index is 11.7. The van der Waals surface area contributed by atoms with Crippen LogP contribution in [0.3, 0.4) is 0 Å². The van der Waals surface area contributed by atoms with Gasteiger partial charge in [-0.3, -0.25) is 4.79 Å². The number of carboxylic acids is 1. The van der Waals surface area contributed by atoms with Crippen molar-refractivity contribution in [3.8, 4) is 0 Å². The Balaban J connectivity index is 4.67. The molecule has 0 bridgehead atoms. The molecule has 1 amide bonds. The van der Waals surface area contributed by atoms with E-state index in [0.717, 1.165) is 0 Å². The minimum atomic E-state index is -0.994. The Kier molecular flexibility index (Phi) is 6.94. The first-order valence-corrected chi connectivity index (χ1v) is 5.77. The SMILES string of the molecule is C/C=C/C=C(\C)C(=O)N[C@@H](C(=O)O)[C@H](C)CC. The Morgan fingerprint density at radius 3 is 2.41 bits per heavy atom. The number of rotatable bonds is 6. The van der Waals surface area contributed by atoms with Gasteiger partial charge in [0.15, 0.2) is 0 Å². The van der Waals surface area contributed by atoms with Crippen molar-refractivity contribution in [3.05, 3.63) is 23.8 Å². The van der Waals surface area contributed by atoms with Crippen LogP contribution in [-0.2, 0) is 9.59 Å². The van der Waals surface area contributed by atoms with Crippen LogP contribution in [0.15, 0.2) is 23.8 Å². The lowest BCUT2D eigenvalue weighted by molar-refractivity contribution is -0.142. The second kappa shape index (κ2) is 7.65. The fourth-order valence-electron chi connectivity index (χ4n) is 1.25. The third-order valence-electron chi connectivity index (χ3n) is 2.66. The second-order valence-corrected chi connectivity index (χ2v) is 4.05. The van der Waals surface area contributed by atoms with E-state index in [1.165, 1.54) is 0 Å². The molecule has 17 heavy (non-hydrogen) atoms. The Morgan fingerprint density at radius 1 is 1.41 bits per heavy atom. The van der Waals surface area contributed by atoms with Gasteiger partial charge in [-0.2, -0.15) is 0 Å². The fraction of sp³-hybridized carbons (Fsp3) is 0.538. The lowest BCUT2D eigenvalue weighted by Gasteiger charge is -2.20. The zero-order valence-electron chi connectivity index (χ0n) is 10.9. The second-order valence-electron chi connectivity index (χ2n) is 4.05. The van der Waals surface area contributed by atoms with Gasteiger partial charge in [0.25, 0.3) is 0 Å². The van der Waals surface area contributed by atoms with Gasteiger partial charge in [0, 0.05) is 5.57 Å². The van der Waals surface area contributed by atoms with E-state index in [9.17, 15) is 9.59 Å². The van der Waals surface area contributed by atoms with Crippen LogP contribution in [0.1, 0.15) is 34.1 Å². The zero-order chi connectivity index (χ0) is 13.4. The molecule has 0 aliphatic rings. The molecule has 0 spiro atoms. The quantitative estimate of drug-likeness (QED) is 0.551. The van der Waals surface area contributed by atoms with Gasteiger partial charge in [-0.25, -0.2) is 4.79 Å². The average molecular weight is 239 g/mol. The normalized spacial score (nSPS) is 15.6. The van der Waals surface area contributed by atoms with Crippen LogP contribution >= 0.6 is 0 Å². The molecular formula is C13H21NO3. The minimum absolute atomic E-state index is 0.0917. The van der Waals surface area contributed by atoms with Gasteiger partial charge in [0.2, 0.25) is 5.91 Å². The number of hydrogen-bond acceptors (Lipinski definition) is 2. The van der Waals surface area contributed by atoms with E-state index in [2.05, 4.69) is 5.32 Å². The highest BCUT2D eigenvalue weighted by Crippen LogP contribution is 2.08. The Bertz CT molecular complexity index is 332. The number of aliphatic carboxylic acids is 1. The van der Waals surface area contributed by atoms with Crippen molar-refractivity contribution in [3.63, 3.8) is 0 Å². The number of carboxylic acid groups (broad SMARTS) is 1. The van der Waals surface area contributed by atoms with Gasteiger partial charge in [-0.05, 0) is 19.8 Å². The summed E-state index contributed by atoms with van der Waals surface area (Å²) >= 11 is 0. The van der Waals surface area contributed by atoms with Crippen molar-refractivity contribution < 1.29 is 14.7 Å². The summed E-state index contributed by atoms with van der Waals surface area (Å²) in [7, 11) is 0. The molecule has 0 aromatic carbocycles. The van der Waals surface area contributed by atoms with Gasteiger partial charge in [-0.15, -0.1) is 0 Å². The van der Waals surface area contributed by atoms with E-state index in [1.807, 2.05) is 20.8 Å². The van der Waals surface area contributed by atoms with Gasteiger partial charge in [-0.1, -0.05) is 38.5 Å². The van der Waals surface area contributed by atoms with Crippen LogP contribution in [0.2, 0.25) is 0 Å². The molecule has 0 heterocycles. The molecule has 0 rings (SSSR count). The molecule has 0 saturated carbocycles. The fourth-order valence-corrected chi connectivity index (χ4v) is 1.25. The highest BCUT2D eigenvalue weighted by atomic mass is 16.4. The Hall–Kier alpha value is -1.58. The summed E-state index contributed by atoms with van der Waals surface area (Å²) in [6.07, 6.45) is 5.91. The standard InChI is InChI=1S/C13H21NO3/c1-5-7-8-10(4)12(15)14-11(13(16)17)9(3)6-2/h5,7-9,11H,6H2,1-4H3,(H,14,15)(H,16,17)/b7-5+,10-8+/t9-,11-/m1/s1. The Labute approximate surface area is 102 Å². The monoisotopic (exact) mass is 239 g/mol. The van der Waals surface area contributed by atoms with Gasteiger partial charge >= 0.3 is 5.97 Å². The van der Waals surface area contributed by atoms with Gasteiger partial charge < -0.3 is 10.4 Å². The van der Waals surface area contributed by atoms with Crippen LogP contribution in [0.4, 0.5) is 0 Å². The van der Waals surface area contributed by atoms with E-state index in [4.69, 9.17) is 5.11 Å². The highest BCUT2D eigenvalue weighted by molar-refractivity contribution is 5.95. The molecule has 96 valence electrons. The molecule has 0 aromatic heterocycles. The third kappa shape index (κ3) is 5.33. The first-order chi connectivity index (χ1) is 7.93.